The van der Waals surface area contributed by atoms with Gasteiger partial charge >= 0.3 is 0 Å². The zero-order valence-corrected chi connectivity index (χ0v) is 8.43. The molecule has 0 radical (unpaired) electrons. The van der Waals surface area contributed by atoms with E-state index < -0.39 is 0 Å². The second-order valence-electron chi connectivity index (χ2n) is 3.66. The molecule has 0 aliphatic rings. The molecular weight excluding hydrogens is 146 g/mol. The second-order valence-corrected chi connectivity index (χ2v) is 3.66. The first-order valence-corrected chi connectivity index (χ1v) is 4.67. The Morgan fingerprint density at radius 1 is 1.42 bits per heavy atom. The standard InChI is InChI=1S/C11H19N/c1-10(2)6-4-7-11(3)8-5-9-12/h6,11H,4-5,7-8H2,1-3H3. The molecule has 0 saturated carbocycles. The fraction of sp³-hybridized carbons (Fsp3) is 0.727. The molecule has 0 spiro atoms. The van der Waals surface area contributed by atoms with E-state index in [0.717, 1.165) is 12.8 Å². The van der Waals surface area contributed by atoms with Crippen LogP contribution in [0.25, 0.3) is 0 Å². The first-order valence-electron chi connectivity index (χ1n) is 4.67. The number of nitriles is 1. The predicted molar refractivity (Wildman–Crippen MR) is 52.7 cm³/mol. The molecule has 0 rings (SSSR count). The molecule has 0 aromatic rings. The molecule has 1 nitrogen and oxygen atoms in total. The van der Waals surface area contributed by atoms with E-state index in [1.54, 1.807) is 0 Å². The third-order valence-corrected chi connectivity index (χ3v) is 1.96. The number of allylic oxidation sites excluding steroid dienone is 2. The summed E-state index contributed by atoms with van der Waals surface area (Å²) in [6.45, 7) is 6.47. The SMILES string of the molecule is CC(C)=CCCC(C)CCC#N. The van der Waals surface area contributed by atoms with Gasteiger partial charge in [0.1, 0.15) is 0 Å². The maximum absolute atomic E-state index is 8.37. The monoisotopic (exact) mass is 165 g/mol. The molecule has 0 N–H and O–H groups in total. The topological polar surface area (TPSA) is 23.8 Å². The van der Waals surface area contributed by atoms with Gasteiger partial charge in [-0.3, -0.25) is 0 Å². The van der Waals surface area contributed by atoms with Gasteiger partial charge < -0.3 is 0 Å². The van der Waals surface area contributed by atoms with Crippen LogP contribution in [-0.2, 0) is 0 Å². The molecule has 0 aromatic carbocycles. The molecule has 0 saturated heterocycles. The lowest BCUT2D eigenvalue weighted by molar-refractivity contribution is 0.503. The Labute approximate surface area is 76.1 Å². The van der Waals surface area contributed by atoms with Crippen molar-refractivity contribution < 1.29 is 0 Å². The Morgan fingerprint density at radius 2 is 2.08 bits per heavy atom. The van der Waals surface area contributed by atoms with Crippen molar-refractivity contribution in [3.05, 3.63) is 11.6 Å². The van der Waals surface area contributed by atoms with E-state index in [0.29, 0.717) is 12.3 Å². The molecule has 0 bridgehead atoms. The van der Waals surface area contributed by atoms with Gasteiger partial charge in [-0.05, 0) is 39.0 Å². The van der Waals surface area contributed by atoms with Crippen LogP contribution >= 0.6 is 0 Å². The highest BCUT2D eigenvalue weighted by Gasteiger charge is 1.99. The molecule has 1 atom stereocenters. The van der Waals surface area contributed by atoms with Crippen LogP contribution in [0, 0.1) is 17.2 Å². The van der Waals surface area contributed by atoms with Gasteiger partial charge in [0, 0.05) is 6.42 Å². The minimum Gasteiger partial charge on any atom is -0.198 e. The normalized spacial score (nSPS) is 11.8. The Bertz CT molecular complexity index is 170. The van der Waals surface area contributed by atoms with Gasteiger partial charge in [0.2, 0.25) is 0 Å². The predicted octanol–water partition coefficient (Wildman–Crippen LogP) is 3.67. The zero-order valence-electron chi connectivity index (χ0n) is 8.43. The van der Waals surface area contributed by atoms with Crippen LogP contribution in [0.3, 0.4) is 0 Å². The van der Waals surface area contributed by atoms with Crippen molar-refractivity contribution >= 4 is 0 Å². The van der Waals surface area contributed by atoms with E-state index in [1.807, 2.05) is 0 Å². The van der Waals surface area contributed by atoms with E-state index in [1.165, 1.54) is 12.0 Å². The minimum absolute atomic E-state index is 0.695. The molecule has 0 fully saturated rings. The number of hydrogen-bond acceptors (Lipinski definition) is 1. The van der Waals surface area contributed by atoms with Crippen LogP contribution in [0.1, 0.15) is 46.5 Å². The summed E-state index contributed by atoms with van der Waals surface area (Å²) in [5.41, 5.74) is 1.39. The molecule has 12 heavy (non-hydrogen) atoms. The van der Waals surface area contributed by atoms with Crippen LogP contribution in [0.5, 0.6) is 0 Å². The summed E-state index contributed by atoms with van der Waals surface area (Å²) in [7, 11) is 0. The summed E-state index contributed by atoms with van der Waals surface area (Å²) in [5, 5.41) is 8.37. The third-order valence-electron chi connectivity index (χ3n) is 1.96. The summed E-state index contributed by atoms with van der Waals surface area (Å²) in [6.07, 6.45) is 6.40. The molecule has 1 unspecified atom stereocenters. The second kappa shape index (κ2) is 6.91. The van der Waals surface area contributed by atoms with E-state index in [4.69, 9.17) is 5.26 Å². The Kier molecular flexibility index (Phi) is 6.47. The fourth-order valence-corrected chi connectivity index (χ4v) is 1.11. The molecule has 0 aromatic heterocycles. The average molecular weight is 165 g/mol. The molecule has 68 valence electrons. The lowest BCUT2D eigenvalue weighted by Gasteiger charge is -2.06. The van der Waals surface area contributed by atoms with Crippen LogP contribution in [0.4, 0.5) is 0 Å². The number of rotatable bonds is 5. The van der Waals surface area contributed by atoms with Gasteiger partial charge in [-0.15, -0.1) is 0 Å². The van der Waals surface area contributed by atoms with E-state index in [-0.39, 0.29) is 0 Å². The lowest BCUT2D eigenvalue weighted by Crippen LogP contribution is -1.92. The molecule has 1 heteroatoms. The Hall–Kier alpha value is -0.770. The maximum Gasteiger partial charge on any atom is 0.0621 e. The summed E-state index contributed by atoms with van der Waals surface area (Å²) >= 11 is 0. The number of nitrogens with zero attached hydrogens (tertiary/aromatic N) is 1. The minimum atomic E-state index is 0.695. The molecule has 0 amide bonds. The van der Waals surface area contributed by atoms with Crippen molar-refractivity contribution in [3.8, 4) is 6.07 Å². The lowest BCUT2D eigenvalue weighted by atomic mass is 10.00. The smallest absolute Gasteiger partial charge is 0.0621 e. The van der Waals surface area contributed by atoms with E-state index >= 15 is 0 Å². The van der Waals surface area contributed by atoms with Gasteiger partial charge in [-0.1, -0.05) is 18.6 Å². The highest BCUT2D eigenvalue weighted by atomic mass is 14.2. The van der Waals surface area contributed by atoms with Crippen LogP contribution < -0.4 is 0 Å². The van der Waals surface area contributed by atoms with Gasteiger partial charge in [0.05, 0.1) is 6.07 Å². The third kappa shape index (κ3) is 7.34. The first kappa shape index (κ1) is 11.2. The molecule has 0 heterocycles. The van der Waals surface area contributed by atoms with Gasteiger partial charge in [0.25, 0.3) is 0 Å². The number of hydrogen-bond donors (Lipinski definition) is 0. The highest BCUT2D eigenvalue weighted by molar-refractivity contribution is 4.92. The van der Waals surface area contributed by atoms with Crippen LogP contribution in [-0.4, -0.2) is 0 Å². The van der Waals surface area contributed by atoms with E-state index in [2.05, 4.69) is 32.9 Å². The van der Waals surface area contributed by atoms with Gasteiger partial charge in [-0.2, -0.15) is 5.26 Å². The highest BCUT2D eigenvalue weighted by Crippen LogP contribution is 2.12. The van der Waals surface area contributed by atoms with Crippen molar-refractivity contribution in [2.45, 2.75) is 46.5 Å². The van der Waals surface area contributed by atoms with Crippen molar-refractivity contribution in [1.82, 2.24) is 0 Å². The summed E-state index contributed by atoms with van der Waals surface area (Å²) < 4.78 is 0. The summed E-state index contributed by atoms with van der Waals surface area (Å²) in [6, 6.07) is 2.18. The molecule has 0 aliphatic carbocycles. The molecular formula is C11H19N. The maximum atomic E-state index is 8.37. The van der Waals surface area contributed by atoms with Crippen LogP contribution in [0.15, 0.2) is 11.6 Å². The largest absolute Gasteiger partial charge is 0.198 e. The van der Waals surface area contributed by atoms with Crippen LogP contribution in [0.2, 0.25) is 0 Å². The van der Waals surface area contributed by atoms with Crippen molar-refractivity contribution in [3.63, 3.8) is 0 Å². The van der Waals surface area contributed by atoms with Crippen molar-refractivity contribution in [2.24, 2.45) is 5.92 Å². The van der Waals surface area contributed by atoms with Crippen molar-refractivity contribution in [1.29, 1.82) is 5.26 Å². The average Bonchev–Trinajstić information content (AvgIpc) is 2.00. The quantitative estimate of drug-likeness (QED) is 0.570. The Balaban J connectivity index is 3.39. The zero-order chi connectivity index (χ0) is 9.40. The van der Waals surface area contributed by atoms with E-state index in [9.17, 15) is 0 Å². The first-order chi connectivity index (χ1) is 5.66. The molecule has 0 aliphatic heterocycles. The Morgan fingerprint density at radius 3 is 2.58 bits per heavy atom. The van der Waals surface area contributed by atoms with Crippen molar-refractivity contribution in [2.75, 3.05) is 0 Å². The fourth-order valence-electron chi connectivity index (χ4n) is 1.11. The summed E-state index contributed by atoms with van der Waals surface area (Å²) in [4.78, 5) is 0. The summed E-state index contributed by atoms with van der Waals surface area (Å²) in [5.74, 6) is 0.695. The van der Waals surface area contributed by atoms with Gasteiger partial charge in [0.15, 0.2) is 0 Å². The van der Waals surface area contributed by atoms with Gasteiger partial charge in [-0.25, -0.2) is 0 Å².